The largest absolute Gasteiger partial charge is 0.286 e. The van der Waals surface area contributed by atoms with E-state index in [4.69, 9.17) is 5.41 Å². The Morgan fingerprint density at radius 3 is 2.43 bits per heavy atom. The van der Waals surface area contributed by atoms with Crippen LogP contribution < -0.4 is 4.80 Å². The van der Waals surface area contributed by atoms with Crippen LogP contribution in [0.4, 0.5) is 0 Å². The number of benzene rings is 2. The lowest BCUT2D eigenvalue weighted by Gasteiger charge is -1.99. The molecule has 1 heterocycles. The summed E-state index contributed by atoms with van der Waals surface area (Å²) in [5.74, 6) is -0.150. The van der Waals surface area contributed by atoms with Crippen LogP contribution >= 0.6 is 11.3 Å². The number of para-hydroxylation sites is 1. The Morgan fingerprint density at radius 2 is 1.76 bits per heavy atom. The van der Waals surface area contributed by atoms with Gasteiger partial charge in [-0.25, -0.2) is 4.68 Å². The van der Waals surface area contributed by atoms with Gasteiger partial charge in [0.2, 0.25) is 10.6 Å². The van der Waals surface area contributed by atoms with Crippen LogP contribution in [0, 0.1) is 12.3 Å². The van der Waals surface area contributed by atoms with Crippen LogP contribution in [0.5, 0.6) is 0 Å². The molecule has 104 valence electrons. The summed E-state index contributed by atoms with van der Waals surface area (Å²) in [6.07, 6.45) is 0. The van der Waals surface area contributed by atoms with E-state index >= 15 is 0 Å². The highest BCUT2D eigenvalue weighted by Crippen LogP contribution is 2.12. The van der Waals surface area contributed by atoms with E-state index in [1.165, 1.54) is 4.68 Å². The predicted octanol–water partition coefficient (Wildman–Crippen LogP) is 2.95. The molecule has 0 saturated heterocycles. The van der Waals surface area contributed by atoms with Gasteiger partial charge in [-0.2, -0.15) is 5.10 Å². The van der Waals surface area contributed by atoms with Gasteiger partial charge in [0.1, 0.15) is 0 Å². The Bertz CT molecular complexity index is 832. The molecule has 0 spiro atoms. The van der Waals surface area contributed by atoms with Gasteiger partial charge in [-0.05, 0) is 19.1 Å². The molecule has 4 nitrogen and oxygen atoms in total. The van der Waals surface area contributed by atoms with Gasteiger partial charge >= 0.3 is 0 Å². The number of nitrogens with one attached hydrogen (secondary N) is 1. The van der Waals surface area contributed by atoms with E-state index < -0.39 is 0 Å². The molecule has 1 N–H and O–H groups in total. The third kappa shape index (κ3) is 2.68. The SMILES string of the molecule is Cc1ccc(C(=O)c2nn(-c3ccccc3)c(=N)s2)cc1. The molecule has 0 amide bonds. The Labute approximate surface area is 125 Å². The zero-order valence-corrected chi connectivity index (χ0v) is 12.2. The summed E-state index contributed by atoms with van der Waals surface area (Å²) in [6.45, 7) is 1.98. The number of nitrogens with zero attached hydrogens (tertiary/aromatic N) is 2. The molecule has 0 aliphatic heterocycles. The number of hydrogen-bond donors (Lipinski definition) is 1. The monoisotopic (exact) mass is 295 g/mol. The zero-order valence-electron chi connectivity index (χ0n) is 11.4. The van der Waals surface area contributed by atoms with Crippen molar-refractivity contribution in [3.05, 3.63) is 75.5 Å². The van der Waals surface area contributed by atoms with Gasteiger partial charge in [0.05, 0.1) is 5.69 Å². The average Bonchev–Trinajstić information content (AvgIpc) is 2.90. The van der Waals surface area contributed by atoms with Crippen molar-refractivity contribution in [1.82, 2.24) is 9.78 Å². The van der Waals surface area contributed by atoms with Crippen LogP contribution in [0.15, 0.2) is 54.6 Å². The van der Waals surface area contributed by atoms with Gasteiger partial charge in [-0.3, -0.25) is 10.2 Å². The zero-order chi connectivity index (χ0) is 14.8. The van der Waals surface area contributed by atoms with Crippen molar-refractivity contribution in [3.8, 4) is 5.69 Å². The van der Waals surface area contributed by atoms with Gasteiger partial charge in [-0.1, -0.05) is 59.4 Å². The number of hydrogen-bond acceptors (Lipinski definition) is 4. The molecule has 21 heavy (non-hydrogen) atoms. The highest BCUT2D eigenvalue weighted by molar-refractivity contribution is 7.11. The average molecular weight is 295 g/mol. The smallest absolute Gasteiger partial charge is 0.223 e. The van der Waals surface area contributed by atoms with Crippen LogP contribution in [0.3, 0.4) is 0 Å². The number of ketones is 1. The lowest BCUT2D eigenvalue weighted by molar-refractivity contribution is 0.103. The normalized spacial score (nSPS) is 10.5. The van der Waals surface area contributed by atoms with E-state index in [0.29, 0.717) is 10.6 Å². The first-order valence-corrected chi connectivity index (χ1v) is 7.28. The summed E-state index contributed by atoms with van der Waals surface area (Å²) in [5, 5.41) is 12.6. The summed E-state index contributed by atoms with van der Waals surface area (Å²) in [6, 6.07) is 16.7. The van der Waals surface area contributed by atoms with Crippen molar-refractivity contribution >= 4 is 17.1 Å². The molecule has 0 radical (unpaired) electrons. The first kappa shape index (κ1) is 13.5. The second-order valence-corrected chi connectivity index (χ2v) is 5.63. The predicted molar refractivity (Wildman–Crippen MR) is 81.9 cm³/mol. The maximum absolute atomic E-state index is 12.4. The molecule has 3 rings (SSSR count). The highest BCUT2D eigenvalue weighted by atomic mass is 32.1. The molecule has 0 aliphatic carbocycles. The van der Waals surface area contributed by atoms with Gasteiger partial charge < -0.3 is 0 Å². The Morgan fingerprint density at radius 1 is 1.10 bits per heavy atom. The summed E-state index contributed by atoms with van der Waals surface area (Å²) < 4.78 is 1.48. The number of carbonyl (C=O) groups is 1. The Hall–Kier alpha value is -2.53. The summed E-state index contributed by atoms with van der Waals surface area (Å²) in [4.78, 5) is 12.6. The lowest BCUT2D eigenvalue weighted by Crippen LogP contribution is -2.12. The second kappa shape index (κ2) is 5.46. The van der Waals surface area contributed by atoms with Gasteiger partial charge in [0.15, 0.2) is 5.01 Å². The van der Waals surface area contributed by atoms with Crippen LogP contribution in [-0.2, 0) is 0 Å². The molecular formula is C16H13N3OS. The number of rotatable bonds is 3. The minimum absolute atomic E-state index is 0.150. The van der Waals surface area contributed by atoms with Crippen LogP contribution in [0.1, 0.15) is 20.9 Å². The molecule has 3 aromatic rings. The summed E-state index contributed by atoms with van der Waals surface area (Å²) >= 11 is 1.09. The fourth-order valence-electron chi connectivity index (χ4n) is 1.96. The standard InChI is InChI=1S/C16H13N3OS/c1-11-7-9-12(10-8-11)14(20)15-18-19(16(17)21-15)13-5-3-2-4-6-13/h2-10,17H,1H3. The molecular weight excluding hydrogens is 282 g/mol. The van der Waals surface area contributed by atoms with Crippen LogP contribution in [0.25, 0.3) is 5.69 Å². The third-order valence-electron chi connectivity index (χ3n) is 3.09. The van der Waals surface area contributed by atoms with Gasteiger partial charge in [0, 0.05) is 5.56 Å². The molecule has 0 aliphatic rings. The van der Waals surface area contributed by atoms with Crippen LogP contribution in [-0.4, -0.2) is 15.6 Å². The Balaban J connectivity index is 1.99. The van der Waals surface area contributed by atoms with E-state index in [2.05, 4.69) is 5.10 Å². The van der Waals surface area contributed by atoms with E-state index in [1.807, 2.05) is 49.4 Å². The third-order valence-corrected chi connectivity index (χ3v) is 3.91. The molecule has 1 aromatic heterocycles. The molecule has 5 heteroatoms. The molecule has 0 atom stereocenters. The molecule has 0 saturated carbocycles. The molecule has 0 unspecified atom stereocenters. The molecule has 0 bridgehead atoms. The van der Waals surface area contributed by atoms with E-state index in [-0.39, 0.29) is 10.6 Å². The van der Waals surface area contributed by atoms with Crippen molar-refractivity contribution in [2.45, 2.75) is 6.92 Å². The fourth-order valence-corrected chi connectivity index (χ4v) is 2.70. The molecule has 0 fully saturated rings. The van der Waals surface area contributed by atoms with E-state index in [9.17, 15) is 4.79 Å². The minimum Gasteiger partial charge on any atom is -0.286 e. The maximum Gasteiger partial charge on any atom is 0.223 e. The first-order valence-electron chi connectivity index (χ1n) is 6.47. The molecule has 2 aromatic carbocycles. The number of aryl methyl sites for hydroxylation is 1. The number of aromatic nitrogens is 2. The van der Waals surface area contributed by atoms with Gasteiger partial charge in [0.25, 0.3) is 0 Å². The summed E-state index contributed by atoms with van der Waals surface area (Å²) in [7, 11) is 0. The van der Waals surface area contributed by atoms with Crippen molar-refractivity contribution in [3.63, 3.8) is 0 Å². The lowest BCUT2D eigenvalue weighted by atomic mass is 10.1. The van der Waals surface area contributed by atoms with Crippen molar-refractivity contribution in [1.29, 1.82) is 5.41 Å². The van der Waals surface area contributed by atoms with Crippen LogP contribution in [0.2, 0.25) is 0 Å². The minimum atomic E-state index is -0.150. The Kier molecular flexibility index (Phi) is 3.50. The van der Waals surface area contributed by atoms with Crippen molar-refractivity contribution < 1.29 is 4.79 Å². The highest BCUT2D eigenvalue weighted by Gasteiger charge is 2.15. The van der Waals surface area contributed by atoms with E-state index in [0.717, 1.165) is 22.6 Å². The number of carbonyl (C=O) groups excluding carboxylic acids is 1. The topological polar surface area (TPSA) is 58.7 Å². The van der Waals surface area contributed by atoms with Crippen molar-refractivity contribution in [2.75, 3.05) is 0 Å². The fraction of sp³-hybridized carbons (Fsp3) is 0.0625. The first-order chi connectivity index (χ1) is 10.1. The van der Waals surface area contributed by atoms with E-state index in [1.54, 1.807) is 12.1 Å². The summed E-state index contributed by atoms with van der Waals surface area (Å²) in [5.41, 5.74) is 2.47. The quantitative estimate of drug-likeness (QED) is 0.755. The second-order valence-electron chi connectivity index (χ2n) is 4.65. The maximum atomic E-state index is 12.4. The van der Waals surface area contributed by atoms with Crippen molar-refractivity contribution in [2.24, 2.45) is 0 Å². The van der Waals surface area contributed by atoms with Gasteiger partial charge in [-0.15, -0.1) is 0 Å².